The molecule has 0 aromatic heterocycles. The molecule has 1 aliphatic heterocycles. The van der Waals surface area contributed by atoms with E-state index in [0.717, 1.165) is 63.7 Å². The van der Waals surface area contributed by atoms with Gasteiger partial charge < -0.3 is 25.4 Å². The summed E-state index contributed by atoms with van der Waals surface area (Å²) in [5.41, 5.74) is 1.23. The molecular weight excluding hydrogens is 352 g/mol. The van der Waals surface area contributed by atoms with Gasteiger partial charge in [0.2, 0.25) is 0 Å². The molecule has 0 amide bonds. The minimum Gasteiger partial charge on any atom is -0.497 e. The van der Waals surface area contributed by atoms with Gasteiger partial charge in [0.1, 0.15) is 5.75 Å². The van der Waals surface area contributed by atoms with Crippen LogP contribution < -0.4 is 20.3 Å². The van der Waals surface area contributed by atoms with Gasteiger partial charge in [-0.05, 0) is 50.2 Å². The number of methoxy groups -OCH3 is 1. The lowest BCUT2D eigenvalue weighted by Crippen LogP contribution is -2.40. The number of nitrogens with zero attached hydrogens (tertiary/aromatic N) is 2. The number of aliphatic hydroxyl groups excluding tert-OH is 1. The molecule has 0 saturated carbocycles. The van der Waals surface area contributed by atoms with E-state index in [1.165, 1.54) is 12.1 Å². The summed E-state index contributed by atoms with van der Waals surface area (Å²) < 4.78 is 5.35. The van der Waals surface area contributed by atoms with Gasteiger partial charge in [-0.1, -0.05) is 19.4 Å². The standard InChI is InChI=1S/C22H38N4O2/c1-4-7-18(11-13-27)15-24-22(23-5-2)25-16-19-10-12-26(17-19)20-8-6-9-21(14-20)28-3/h6,8-9,14,18-19,27H,4-5,7,10-13,15-17H2,1-3H3,(H2,23,24,25). The Kier molecular flexibility index (Phi) is 9.97. The average Bonchev–Trinajstić information content (AvgIpc) is 3.19. The third-order valence-electron chi connectivity index (χ3n) is 5.35. The third kappa shape index (κ3) is 7.23. The molecule has 1 aliphatic rings. The molecular formula is C22H38N4O2. The lowest BCUT2D eigenvalue weighted by Gasteiger charge is -2.20. The van der Waals surface area contributed by atoms with E-state index >= 15 is 0 Å². The van der Waals surface area contributed by atoms with Crippen molar-refractivity contribution in [3.63, 3.8) is 0 Å². The van der Waals surface area contributed by atoms with Crippen molar-refractivity contribution < 1.29 is 9.84 Å². The highest BCUT2D eigenvalue weighted by molar-refractivity contribution is 5.79. The van der Waals surface area contributed by atoms with E-state index in [-0.39, 0.29) is 6.61 Å². The van der Waals surface area contributed by atoms with Gasteiger partial charge in [0.05, 0.1) is 7.11 Å². The van der Waals surface area contributed by atoms with Crippen LogP contribution in [0.4, 0.5) is 5.69 Å². The largest absolute Gasteiger partial charge is 0.497 e. The summed E-state index contributed by atoms with van der Waals surface area (Å²) in [6.07, 6.45) is 4.25. The number of hydrogen-bond acceptors (Lipinski definition) is 4. The molecule has 2 rings (SSSR count). The van der Waals surface area contributed by atoms with Crippen molar-refractivity contribution >= 4 is 11.6 Å². The normalized spacial score (nSPS) is 18.2. The molecule has 1 aromatic rings. The van der Waals surface area contributed by atoms with Crippen LogP contribution in [0.5, 0.6) is 5.75 Å². The number of rotatable bonds is 11. The first-order valence-electron chi connectivity index (χ1n) is 10.7. The van der Waals surface area contributed by atoms with Gasteiger partial charge in [-0.3, -0.25) is 4.99 Å². The SMILES string of the molecule is CCCC(CCO)CN=C(NCC)NCC1CCN(c2cccc(OC)c2)C1. The number of anilines is 1. The van der Waals surface area contributed by atoms with Crippen LogP contribution in [0.2, 0.25) is 0 Å². The summed E-state index contributed by atoms with van der Waals surface area (Å²) in [7, 11) is 1.71. The first-order valence-corrected chi connectivity index (χ1v) is 10.7. The monoisotopic (exact) mass is 390 g/mol. The third-order valence-corrected chi connectivity index (χ3v) is 5.35. The van der Waals surface area contributed by atoms with Gasteiger partial charge in [-0.25, -0.2) is 0 Å². The maximum atomic E-state index is 9.24. The van der Waals surface area contributed by atoms with Gasteiger partial charge >= 0.3 is 0 Å². The van der Waals surface area contributed by atoms with Crippen LogP contribution in [-0.2, 0) is 0 Å². The number of benzene rings is 1. The van der Waals surface area contributed by atoms with Gasteiger partial charge in [0, 0.05) is 51.1 Å². The number of aliphatic imine (C=N–C) groups is 1. The van der Waals surface area contributed by atoms with Gasteiger partial charge in [-0.15, -0.1) is 0 Å². The van der Waals surface area contributed by atoms with Crippen molar-refractivity contribution in [1.82, 2.24) is 10.6 Å². The Labute approximate surface area is 170 Å². The summed E-state index contributed by atoms with van der Waals surface area (Å²) in [5, 5.41) is 16.1. The van der Waals surface area contributed by atoms with Crippen LogP contribution in [-0.4, -0.2) is 57.5 Å². The summed E-state index contributed by atoms with van der Waals surface area (Å²) in [5.74, 6) is 2.85. The smallest absolute Gasteiger partial charge is 0.191 e. The molecule has 0 spiro atoms. The molecule has 2 atom stereocenters. The Balaban J connectivity index is 1.85. The van der Waals surface area contributed by atoms with E-state index in [9.17, 15) is 5.11 Å². The van der Waals surface area contributed by atoms with Crippen LogP contribution in [0.15, 0.2) is 29.3 Å². The summed E-state index contributed by atoms with van der Waals surface area (Å²) in [6, 6.07) is 8.30. The van der Waals surface area contributed by atoms with E-state index in [0.29, 0.717) is 11.8 Å². The zero-order valence-electron chi connectivity index (χ0n) is 17.8. The van der Waals surface area contributed by atoms with E-state index in [2.05, 4.69) is 47.6 Å². The molecule has 6 nitrogen and oxygen atoms in total. The quantitative estimate of drug-likeness (QED) is 0.400. The molecule has 1 aromatic carbocycles. The molecule has 0 aliphatic carbocycles. The first kappa shape index (κ1) is 22.3. The molecule has 3 N–H and O–H groups in total. The lowest BCUT2D eigenvalue weighted by molar-refractivity contribution is 0.253. The molecule has 2 unspecified atom stereocenters. The Morgan fingerprint density at radius 1 is 1.32 bits per heavy atom. The second kappa shape index (κ2) is 12.5. The molecule has 28 heavy (non-hydrogen) atoms. The predicted molar refractivity (Wildman–Crippen MR) is 117 cm³/mol. The van der Waals surface area contributed by atoms with Crippen LogP contribution in [0.1, 0.15) is 39.5 Å². The number of hydrogen-bond donors (Lipinski definition) is 3. The van der Waals surface area contributed by atoms with E-state index in [1.54, 1.807) is 7.11 Å². The van der Waals surface area contributed by atoms with Crippen molar-refractivity contribution in [2.45, 2.75) is 39.5 Å². The molecule has 6 heteroatoms. The Hall–Kier alpha value is -1.95. The highest BCUT2D eigenvalue weighted by Crippen LogP contribution is 2.26. The second-order valence-electron chi connectivity index (χ2n) is 7.57. The van der Waals surface area contributed by atoms with Crippen molar-refractivity contribution in [3.8, 4) is 5.75 Å². The minimum absolute atomic E-state index is 0.242. The van der Waals surface area contributed by atoms with Crippen LogP contribution in [0.25, 0.3) is 0 Å². The molecule has 1 fully saturated rings. The van der Waals surface area contributed by atoms with Crippen molar-refractivity contribution in [3.05, 3.63) is 24.3 Å². The van der Waals surface area contributed by atoms with E-state index in [1.807, 2.05) is 6.07 Å². The first-order chi connectivity index (χ1) is 13.7. The molecule has 1 saturated heterocycles. The summed E-state index contributed by atoms with van der Waals surface area (Å²) in [6.45, 7) is 9.18. The maximum absolute atomic E-state index is 9.24. The van der Waals surface area contributed by atoms with Crippen molar-refractivity contribution in [2.75, 3.05) is 51.3 Å². The average molecular weight is 391 g/mol. The maximum Gasteiger partial charge on any atom is 0.191 e. The van der Waals surface area contributed by atoms with Crippen LogP contribution in [0, 0.1) is 11.8 Å². The van der Waals surface area contributed by atoms with Crippen LogP contribution in [0.3, 0.4) is 0 Å². The van der Waals surface area contributed by atoms with Crippen molar-refractivity contribution in [2.24, 2.45) is 16.8 Å². The molecule has 0 radical (unpaired) electrons. The highest BCUT2D eigenvalue weighted by Gasteiger charge is 2.23. The zero-order valence-corrected chi connectivity index (χ0v) is 17.8. The molecule has 1 heterocycles. The minimum atomic E-state index is 0.242. The number of nitrogens with one attached hydrogen (secondary N) is 2. The fourth-order valence-corrected chi connectivity index (χ4v) is 3.76. The van der Waals surface area contributed by atoms with Gasteiger partial charge in [0.25, 0.3) is 0 Å². The molecule has 158 valence electrons. The predicted octanol–water partition coefficient (Wildman–Crippen LogP) is 2.88. The van der Waals surface area contributed by atoms with Gasteiger partial charge in [-0.2, -0.15) is 0 Å². The number of guanidine groups is 1. The fourth-order valence-electron chi connectivity index (χ4n) is 3.76. The summed E-state index contributed by atoms with van der Waals surface area (Å²) >= 11 is 0. The van der Waals surface area contributed by atoms with E-state index in [4.69, 9.17) is 9.73 Å². The Morgan fingerprint density at radius 2 is 2.18 bits per heavy atom. The lowest BCUT2D eigenvalue weighted by atomic mass is 10.0. The van der Waals surface area contributed by atoms with Gasteiger partial charge in [0.15, 0.2) is 5.96 Å². The Morgan fingerprint density at radius 3 is 2.89 bits per heavy atom. The zero-order chi connectivity index (χ0) is 20.2. The number of ether oxygens (including phenoxy) is 1. The second-order valence-corrected chi connectivity index (χ2v) is 7.57. The fraction of sp³-hybridized carbons (Fsp3) is 0.682. The van der Waals surface area contributed by atoms with Crippen molar-refractivity contribution in [1.29, 1.82) is 0 Å². The van der Waals surface area contributed by atoms with Crippen LogP contribution >= 0.6 is 0 Å². The van der Waals surface area contributed by atoms with E-state index < -0.39 is 0 Å². The molecule has 0 bridgehead atoms. The topological polar surface area (TPSA) is 69.1 Å². The number of aliphatic hydroxyl groups is 1. The summed E-state index contributed by atoms with van der Waals surface area (Å²) in [4.78, 5) is 7.19. The highest BCUT2D eigenvalue weighted by atomic mass is 16.5. The Bertz CT molecular complexity index is 588.